The van der Waals surface area contributed by atoms with E-state index in [0.29, 0.717) is 5.56 Å². The maximum absolute atomic E-state index is 12.7. The molecule has 0 aliphatic rings. The highest BCUT2D eigenvalue weighted by Gasteiger charge is 2.26. The molecule has 5 nitrogen and oxygen atoms in total. The molecule has 2 atom stereocenters. The first kappa shape index (κ1) is 13.6. The van der Waals surface area contributed by atoms with E-state index in [1.165, 1.54) is 38.4 Å². The van der Waals surface area contributed by atoms with Crippen molar-refractivity contribution in [1.29, 1.82) is 0 Å². The number of nitrogens with zero attached hydrogens (tertiary/aromatic N) is 1. The van der Waals surface area contributed by atoms with Gasteiger partial charge < -0.3 is 10.8 Å². The number of carbonyl (C=O) groups excluding carboxylic acids is 1. The first-order valence-corrected chi connectivity index (χ1v) is 4.98. The summed E-state index contributed by atoms with van der Waals surface area (Å²) in [6, 6.07) is 3.97. The first-order valence-electron chi connectivity index (χ1n) is 4.98. The molecule has 0 bridgehead atoms. The molecular weight excluding hydrogens is 227 g/mol. The van der Waals surface area contributed by atoms with Gasteiger partial charge in [-0.15, -0.1) is 0 Å². The van der Waals surface area contributed by atoms with E-state index >= 15 is 0 Å². The van der Waals surface area contributed by atoms with Gasteiger partial charge in [-0.3, -0.25) is 9.63 Å². The van der Waals surface area contributed by atoms with Crippen LogP contribution in [0.4, 0.5) is 4.39 Å². The molecule has 0 saturated carbocycles. The number of amides is 1. The largest absolute Gasteiger partial charge is 0.386 e. The lowest BCUT2D eigenvalue weighted by Crippen LogP contribution is -2.45. The minimum absolute atomic E-state index is 0.372. The smallest absolute Gasteiger partial charge is 0.265 e. The van der Waals surface area contributed by atoms with Crippen LogP contribution in [0.3, 0.4) is 0 Å². The van der Waals surface area contributed by atoms with E-state index in [0.717, 1.165) is 5.06 Å². The monoisotopic (exact) mass is 242 g/mol. The summed E-state index contributed by atoms with van der Waals surface area (Å²) >= 11 is 0. The van der Waals surface area contributed by atoms with E-state index in [9.17, 15) is 14.3 Å². The van der Waals surface area contributed by atoms with Gasteiger partial charge in [0.2, 0.25) is 0 Å². The lowest BCUT2D eigenvalue weighted by molar-refractivity contribution is -0.172. The van der Waals surface area contributed by atoms with Crippen molar-refractivity contribution >= 4 is 5.91 Å². The van der Waals surface area contributed by atoms with Gasteiger partial charge in [-0.1, -0.05) is 12.1 Å². The number of hydrogen-bond acceptors (Lipinski definition) is 4. The second-order valence-corrected chi connectivity index (χ2v) is 3.54. The molecule has 0 heterocycles. The molecule has 17 heavy (non-hydrogen) atoms. The van der Waals surface area contributed by atoms with Gasteiger partial charge in [0, 0.05) is 7.05 Å². The Bertz CT molecular complexity index is 383. The normalized spacial score (nSPS) is 14.2. The Kier molecular flexibility index (Phi) is 4.56. The maximum Gasteiger partial charge on any atom is 0.265 e. The summed E-state index contributed by atoms with van der Waals surface area (Å²) in [7, 11) is 2.70. The molecule has 0 aromatic heterocycles. The number of likely N-dealkylation sites (N-methyl/N-ethyl adjacent to an activating group) is 1. The highest BCUT2D eigenvalue weighted by Crippen LogP contribution is 2.17. The van der Waals surface area contributed by atoms with Gasteiger partial charge in [-0.05, 0) is 17.7 Å². The lowest BCUT2D eigenvalue weighted by atomic mass is 10.0. The summed E-state index contributed by atoms with van der Waals surface area (Å²) in [5.41, 5.74) is 5.96. The molecule has 1 aromatic carbocycles. The summed E-state index contributed by atoms with van der Waals surface area (Å²) < 4.78 is 12.7. The Labute approximate surface area is 98.5 Å². The predicted molar refractivity (Wildman–Crippen MR) is 59.1 cm³/mol. The van der Waals surface area contributed by atoms with E-state index in [2.05, 4.69) is 4.84 Å². The number of halogens is 1. The summed E-state index contributed by atoms with van der Waals surface area (Å²) in [5.74, 6) is -0.987. The molecule has 1 rings (SSSR count). The van der Waals surface area contributed by atoms with Crippen molar-refractivity contribution in [2.75, 3.05) is 14.2 Å². The maximum atomic E-state index is 12.7. The van der Waals surface area contributed by atoms with Gasteiger partial charge in [0.15, 0.2) is 0 Å². The van der Waals surface area contributed by atoms with Crippen LogP contribution in [-0.4, -0.2) is 36.3 Å². The molecule has 0 radical (unpaired) electrons. The van der Waals surface area contributed by atoms with Crippen molar-refractivity contribution in [3.8, 4) is 0 Å². The molecule has 1 aromatic rings. The summed E-state index contributed by atoms with van der Waals surface area (Å²) in [4.78, 5) is 16.3. The number of aliphatic hydroxyl groups is 1. The average molecular weight is 242 g/mol. The Morgan fingerprint density at radius 2 is 2.00 bits per heavy atom. The van der Waals surface area contributed by atoms with Gasteiger partial charge in [-0.2, -0.15) is 0 Å². The minimum Gasteiger partial charge on any atom is -0.386 e. The molecular formula is C11H15FN2O3. The fraction of sp³-hybridized carbons (Fsp3) is 0.364. The Balaban J connectivity index is 2.79. The molecule has 94 valence electrons. The van der Waals surface area contributed by atoms with Gasteiger partial charge in [0.05, 0.1) is 7.11 Å². The predicted octanol–water partition coefficient (Wildman–Crippen LogP) is 0.206. The van der Waals surface area contributed by atoms with Crippen LogP contribution in [0.5, 0.6) is 0 Å². The second kappa shape index (κ2) is 5.72. The first-order chi connectivity index (χ1) is 7.97. The summed E-state index contributed by atoms with van der Waals surface area (Å²) in [6.07, 6.45) is -1.21. The van der Waals surface area contributed by atoms with Gasteiger partial charge in [0.25, 0.3) is 5.91 Å². The average Bonchev–Trinajstić information content (AvgIpc) is 2.36. The molecule has 0 unspecified atom stereocenters. The number of aliphatic hydroxyl groups excluding tert-OH is 1. The molecule has 0 fully saturated rings. The zero-order valence-electron chi connectivity index (χ0n) is 9.63. The zero-order chi connectivity index (χ0) is 13.0. The van der Waals surface area contributed by atoms with Gasteiger partial charge >= 0.3 is 0 Å². The van der Waals surface area contributed by atoms with Crippen LogP contribution in [-0.2, 0) is 9.63 Å². The number of hydrogen-bond donors (Lipinski definition) is 2. The Morgan fingerprint density at radius 1 is 1.47 bits per heavy atom. The van der Waals surface area contributed by atoms with Crippen LogP contribution in [0.2, 0.25) is 0 Å². The lowest BCUT2D eigenvalue weighted by Gasteiger charge is -2.22. The van der Waals surface area contributed by atoms with Crippen LogP contribution >= 0.6 is 0 Å². The minimum atomic E-state index is -1.21. The van der Waals surface area contributed by atoms with Crippen molar-refractivity contribution in [3.05, 3.63) is 35.6 Å². The van der Waals surface area contributed by atoms with E-state index < -0.39 is 23.9 Å². The zero-order valence-corrected chi connectivity index (χ0v) is 9.63. The van der Waals surface area contributed by atoms with E-state index in [4.69, 9.17) is 5.73 Å². The third-order valence-electron chi connectivity index (χ3n) is 2.42. The second-order valence-electron chi connectivity index (χ2n) is 3.54. The van der Waals surface area contributed by atoms with Crippen LogP contribution in [0, 0.1) is 5.82 Å². The molecule has 3 N–H and O–H groups in total. The van der Waals surface area contributed by atoms with Crippen LogP contribution in [0.15, 0.2) is 24.3 Å². The molecule has 0 aliphatic carbocycles. The fourth-order valence-electron chi connectivity index (χ4n) is 1.30. The highest BCUT2D eigenvalue weighted by molar-refractivity contribution is 5.81. The van der Waals surface area contributed by atoms with Gasteiger partial charge in [-0.25, -0.2) is 9.45 Å². The molecule has 0 aliphatic heterocycles. The molecule has 1 amide bonds. The van der Waals surface area contributed by atoms with Crippen molar-refractivity contribution in [1.82, 2.24) is 5.06 Å². The molecule has 0 spiro atoms. The van der Waals surface area contributed by atoms with Crippen LogP contribution < -0.4 is 5.73 Å². The van der Waals surface area contributed by atoms with Gasteiger partial charge in [0.1, 0.15) is 18.0 Å². The highest BCUT2D eigenvalue weighted by atomic mass is 19.1. The van der Waals surface area contributed by atoms with Crippen molar-refractivity contribution < 1.29 is 19.1 Å². The summed E-state index contributed by atoms with van der Waals surface area (Å²) in [5, 5.41) is 10.8. The quantitative estimate of drug-likeness (QED) is 0.740. The van der Waals surface area contributed by atoms with Crippen LogP contribution in [0.1, 0.15) is 11.7 Å². The van der Waals surface area contributed by atoms with Crippen molar-refractivity contribution in [2.24, 2.45) is 5.73 Å². The van der Waals surface area contributed by atoms with E-state index in [-0.39, 0.29) is 0 Å². The number of carbonyl (C=O) groups is 1. The number of benzene rings is 1. The standard InChI is InChI=1S/C11H15FN2O3/c1-14(17-2)11(16)9(13)10(15)7-3-5-8(12)6-4-7/h3-6,9-10,15H,13H2,1-2H3/t9-,10+/m1/s1. The van der Waals surface area contributed by atoms with Crippen molar-refractivity contribution in [2.45, 2.75) is 12.1 Å². The Hall–Kier alpha value is -1.50. The topological polar surface area (TPSA) is 75.8 Å². The fourth-order valence-corrected chi connectivity index (χ4v) is 1.30. The number of rotatable bonds is 4. The van der Waals surface area contributed by atoms with Crippen molar-refractivity contribution in [3.63, 3.8) is 0 Å². The van der Waals surface area contributed by atoms with E-state index in [1.807, 2.05) is 0 Å². The molecule has 0 saturated heterocycles. The SMILES string of the molecule is CON(C)C(=O)[C@H](N)[C@@H](O)c1ccc(F)cc1. The van der Waals surface area contributed by atoms with Crippen LogP contribution in [0.25, 0.3) is 0 Å². The summed E-state index contributed by atoms with van der Waals surface area (Å²) in [6.45, 7) is 0. The number of hydroxylamine groups is 2. The Morgan fingerprint density at radius 3 is 2.47 bits per heavy atom. The van der Waals surface area contributed by atoms with E-state index in [1.54, 1.807) is 0 Å². The number of nitrogens with two attached hydrogens (primary N) is 1. The third kappa shape index (κ3) is 3.23. The third-order valence-corrected chi connectivity index (χ3v) is 2.42. The molecule has 6 heteroatoms.